The Morgan fingerprint density at radius 1 is 1.00 bits per heavy atom. The largest absolute Gasteiger partial charge is 0.368 e. The van der Waals surface area contributed by atoms with Gasteiger partial charge in [0.1, 0.15) is 5.82 Å². The van der Waals surface area contributed by atoms with Crippen LogP contribution in [0.5, 0.6) is 0 Å². The van der Waals surface area contributed by atoms with Crippen molar-refractivity contribution in [3.63, 3.8) is 0 Å². The third-order valence-electron chi connectivity index (χ3n) is 5.65. The summed E-state index contributed by atoms with van der Waals surface area (Å²) in [4.78, 5) is 28.7. The zero-order valence-electron chi connectivity index (χ0n) is 16.6. The number of hydrogen-bond donors (Lipinski definition) is 2. The molecule has 3 rings (SSSR count). The molecule has 2 fully saturated rings. The molecule has 0 radical (unpaired) electrons. The Labute approximate surface area is 184 Å². The van der Waals surface area contributed by atoms with E-state index in [-0.39, 0.29) is 42.4 Å². The van der Waals surface area contributed by atoms with Crippen LogP contribution in [0.4, 0.5) is 10.1 Å². The molecule has 0 bridgehead atoms. The maximum absolute atomic E-state index is 13.0. The molecule has 0 spiro atoms. The molecule has 1 aliphatic heterocycles. The average Bonchev–Trinajstić information content (AvgIpc) is 2.69. The summed E-state index contributed by atoms with van der Waals surface area (Å²) in [5, 5.41) is 2.85. The van der Waals surface area contributed by atoms with Crippen molar-refractivity contribution in [3.05, 3.63) is 30.1 Å². The second-order valence-corrected chi connectivity index (χ2v) is 7.57. The van der Waals surface area contributed by atoms with Crippen molar-refractivity contribution in [2.24, 2.45) is 5.73 Å². The summed E-state index contributed by atoms with van der Waals surface area (Å²) in [6.45, 7) is 3.02. The molecule has 2 amide bonds. The number of anilines is 1. The fraction of sp³-hybridized carbons (Fsp3) is 0.600. The number of benzene rings is 1. The van der Waals surface area contributed by atoms with E-state index >= 15 is 0 Å². The molecule has 2 aliphatic rings. The van der Waals surface area contributed by atoms with Crippen molar-refractivity contribution in [2.75, 3.05) is 37.6 Å². The molecule has 1 saturated heterocycles. The minimum Gasteiger partial charge on any atom is -0.368 e. The highest BCUT2D eigenvalue weighted by Crippen LogP contribution is 2.26. The first-order valence-corrected chi connectivity index (χ1v) is 9.83. The van der Waals surface area contributed by atoms with Crippen LogP contribution in [0.25, 0.3) is 0 Å². The van der Waals surface area contributed by atoms with Crippen LogP contribution in [0.15, 0.2) is 24.3 Å². The quantitative estimate of drug-likeness (QED) is 0.724. The summed E-state index contributed by atoms with van der Waals surface area (Å²) >= 11 is 0. The van der Waals surface area contributed by atoms with Crippen molar-refractivity contribution in [2.45, 2.75) is 44.1 Å². The fourth-order valence-corrected chi connectivity index (χ4v) is 3.89. The van der Waals surface area contributed by atoms with Gasteiger partial charge in [-0.1, -0.05) is 19.3 Å². The Bertz CT molecular complexity index is 661. The third-order valence-corrected chi connectivity index (χ3v) is 5.65. The van der Waals surface area contributed by atoms with E-state index in [1.165, 1.54) is 12.1 Å². The highest BCUT2D eigenvalue weighted by Gasteiger charge is 2.35. The Kier molecular flexibility index (Phi) is 10.2. The van der Waals surface area contributed by atoms with Gasteiger partial charge in [0.25, 0.3) is 0 Å². The molecule has 1 heterocycles. The van der Waals surface area contributed by atoms with Crippen molar-refractivity contribution in [3.8, 4) is 0 Å². The van der Waals surface area contributed by atoms with Gasteiger partial charge in [-0.05, 0) is 37.1 Å². The Morgan fingerprint density at radius 2 is 1.59 bits per heavy atom. The van der Waals surface area contributed by atoms with Gasteiger partial charge in [-0.3, -0.25) is 9.59 Å². The zero-order valence-corrected chi connectivity index (χ0v) is 18.2. The number of carbonyl (C=O) groups is 2. The highest BCUT2D eigenvalue weighted by molar-refractivity contribution is 5.86. The predicted octanol–water partition coefficient (Wildman–Crippen LogP) is 2.49. The van der Waals surface area contributed by atoms with E-state index in [2.05, 4.69) is 10.2 Å². The smallest absolute Gasteiger partial charge is 0.240 e. The molecule has 0 unspecified atom stereocenters. The van der Waals surface area contributed by atoms with Crippen LogP contribution in [0, 0.1) is 5.82 Å². The van der Waals surface area contributed by atoms with Crippen molar-refractivity contribution in [1.82, 2.24) is 10.2 Å². The Balaban J connectivity index is 0.00000210. The molecule has 9 heteroatoms. The van der Waals surface area contributed by atoms with E-state index in [9.17, 15) is 14.0 Å². The van der Waals surface area contributed by atoms with Gasteiger partial charge in [0.15, 0.2) is 0 Å². The van der Waals surface area contributed by atoms with Crippen LogP contribution in [-0.4, -0.2) is 55.0 Å². The average molecular weight is 449 g/mol. The van der Waals surface area contributed by atoms with E-state index in [1.807, 2.05) is 4.90 Å². The van der Waals surface area contributed by atoms with Crippen molar-refractivity contribution >= 4 is 42.3 Å². The number of nitrogens with one attached hydrogen (secondary N) is 1. The van der Waals surface area contributed by atoms with Gasteiger partial charge < -0.3 is 20.9 Å². The van der Waals surface area contributed by atoms with Gasteiger partial charge in [-0.25, -0.2) is 4.39 Å². The number of amides is 2. The summed E-state index contributed by atoms with van der Waals surface area (Å²) in [6, 6.07) is 6.42. The molecule has 1 aliphatic carbocycles. The predicted molar refractivity (Wildman–Crippen MR) is 117 cm³/mol. The summed E-state index contributed by atoms with van der Waals surface area (Å²) in [5.74, 6) is -0.331. The molecule has 1 aromatic carbocycles. The van der Waals surface area contributed by atoms with Gasteiger partial charge in [-0.15, -0.1) is 24.8 Å². The summed E-state index contributed by atoms with van der Waals surface area (Å²) < 4.78 is 13.0. The van der Waals surface area contributed by atoms with Crippen LogP contribution in [-0.2, 0) is 9.59 Å². The number of piperazine rings is 1. The first-order valence-electron chi connectivity index (χ1n) is 9.83. The van der Waals surface area contributed by atoms with Crippen LogP contribution in [0.2, 0.25) is 0 Å². The molecule has 3 N–H and O–H groups in total. The topological polar surface area (TPSA) is 78.7 Å². The Hall–Kier alpha value is -1.57. The molecule has 164 valence electrons. The second kappa shape index (κ2) is 11.6. The molecule has 1 aromatic rings. The maximum atomic E-state index is 13.0. The first kappa shape index (κ1) is 25.5. The van der Waals surface area contributed by atoms with E-state index < -0.39 is 5.54 Å². The normalized spacial score (nSPS) is 18.3. The lowest BCUT2D eigenvalue weighted by molar-refractivity contribution is -0.131. The molecule has 29 heavy (non-hydrogen) atoms. The lowest BCUT2D eigenvalue weighted by Gasteiger charge is -2.36. The second-order valence-electron chi connectivity index (χ2n) is 7.57. The minimum absolute atomic E-state index is 0. The van der Waals surface area contributed by atoms with E-state index in [1.54, 1.807) is 12.1 Å². The monoisotopic (exact) mass is 448 g/mol. The van der Waals surface area contributed by atoms with Gasteiger partial charge in [0.2, 0.25) is 11.8 Å². The van der Waals surface area contributed by atoms with Crippen LogP contribution in [0.3, 0.4) is 0 Å². The maximum Gasteiger partial charge on any atom is 0.240 e. The van der Waals surface area contributed by atoms with E-state index in [0.29, 0.717) is 26.1 Å². The number of rotatable bonds is 5. The van der Waals surface area contributed by atoms with Crippen LogP contribution >= 0.6 is 24.8 Å². The number of nitrogens with zero attached hydrogens (tertiary/aromatic N) is 2. The summed E-state index contributed by atoms with van der Waals surface area (Å²) in [6.07, 6.45) is 4.84. The number of carbonyl (C=O) groups excluding carboxylic acids is 2. The van der Waals surface area contributed by atoms with E-state index in [0.717, 1.165) is 50.9 Å². The Morgan fingerprint density at radius 3 is 2.17 bits per heavy atom. The first-order chi connectivity index (χ1) is 13.0. The van der Waals surface area contributed by atoms with Crippen LogP contribution < -0.4 is 16.0 Å². The number of hydrogen-bond acceptors (Lipinski definition) is 4. The molecule has 0 atom stereocenters. The zero-order chi connectivity index (χ0) is 19.3. The third kappa shape index (κ3) is 6.73. The molecule has 6 nitrogen and oxygen atoms in total. The summed E-state index contributed by atoms with van der Waals surface area (Å²) in [5.41, 5.74) is 6.41. The number of halogens is 3. The fourth-order valence-electron chi connectivity index (χ4n) is 3.89. The van der Waals surface area contributed by atoms with Crippen LogP contribution in [0.1, 0.15) is 38.5 Å². The highest BCUT2D eigenvalue weighted by atomic mass is 35.5. The SMILES string of the molecule is Cl.Cl.NC1(C(=O)NCCC(=O)N2CCN(c3ccc(F)cc3)CC2)CCCCC1. The minimum atomic E-state index is -0.762. The summed E-state index contributed by atoms with van der Waals surface area (Å²) in [7, 11) is 0. The molecule has 0 aromatic heterocycles. The van der Waals surface area contributed by atoms with Gasteiger partial charge >= 0.3 is 0 Å². The molecular formula is C20H31Cl2FN4O2. The van der Waals surface area contributed by atoms with Gasteiger partial charge in [-0.2, -0.15) is 0 Å². The number of nitrogens with two attached hydrogens (primary N) is 1. The van der Waals surface area contributed by atoms with Gasteiger partial charge in [0, 0.05) is 44.8 Å². The van der Waals surface area contributed by atoms with Crippen molar-refractivity contribution in [1.29, 1.82) is 0 Å². The van der Waals surface area contributed by atoms with E-state index in [4.69, 9.17) is 5.73 Å². The molecular weight excluding hydrogens is 418 g/mol. The van der Waals surface area contributed by atoms with Gasteiger partial charge in [0.05, 0.1) is 5.54 Å². The standard InChI is InChI=1S/C20H29FN4O2.2ClH/c21-16-4-6-17(7-5-16)24-12-14-25(15-13-24)18(26)8-11-23-19(27)20(22)9-2-1-3-10-20;;/h4-7H,1-3,8-15,22H2,(H,23,27);2*1H. The van der Waals surface area contributed by atoms with Crippen molar-refractivity contribution < 1.29 is 14.0 Å². The lowest BCUT2D eigenvalue weighted by Crippen LogP contribution is -2.55. The molecule has 1 saturated carbocycles. The lowest BCUT2D eigenvalue weighted by atomic mass is 9.82.